The lowest BCUT2D eigenvalue weighted by Gasteiger charge is -2.11. The SMILES string of the molecule is CCc1cccc(OC(C)C(C)=O)c1. The largest absolute Gasteiger partial charge is 0.483 e. The Morgan fingerprint density at radius 3 is 2.79 bits per heavy atom. The van der Waals surface area contributed by atoms with Gasteiger partial charge in [0.25, 0.3) is 0 Å². The normalized spacial score (nSPS) is 12.2. The number of hydrogen-bond donors (Lipinski definition) is 0. The van der Waals surface area contributed by atoms with Crippen LogP contribution in [0.4, 0.5) is 0 Å². The molecule has 0 amide bonds. The van der Waals surface area contributed by atoms with E-state index in [1.807, 2.05) is 24.3 Å². The zero-order valence-electron chi connectivity index (χ0n) is 8.91. The van der Waals surface area contributed by atoms with Crippen LogP contribution in [0.2, 0.25) is 0 Å². The molecule has 2 nitrogen and oxygen atoms in total. The lowest BCUT2D eigenvalue weighted by molar-refractivity contribution is -0.122. The van der Waals surface area contributed by atoms with Crippen molar-refractivity contribution < 1.29 is 9.53 Å². The maximum Gasteiger partial charge on any atom is 0.169 e. The van der Waals surface area contributed by atoms with Crippen molar-refractivity contribution in [3.05, 3.63) is 29.8 Å². The number of aryl methyl sites for hydroxylation is 1. The highest BCUT2D eigenvalue weighted by molar-refractivity contribution is 5.80. The molecule has 0 spiro atoms. The molecule has 0 aliphatic carbocycles. The molecule has 0 saturated heterocycles. The molecule has 1 unspecified atom stereocenters. The second-order valence-electron chi connectivity index (χ2n) is 3.37. The molecule has 76 valence electrons. The highest BCUT2D eigenvalue weighted by atomic mass is 16.5. The van der Waals surface area contributed by atoms with Crippen LogP contribution in [0.5, 0.6) is 5.75 Å². The van der Waals surface area contributed by atoms with Crippen molar-refractivity contribution in [1.29, 1.82) is 0 Å². The number of Topliss-reactive ketones (excluding diaryl/α,β-unsaturated/α-hetero) is 1. The summed E-state index contributed by atoms with van der Waals surface area (Å²) in [6.07, 6.45) is 0.619. The Morgan fingerprint density at radius 2 is 2.21 bits per heavy atom. The van der Waals surface area contributed by atoms with Gasteiger partial charge in [0.05, 0.1) is 0 Å². The van der Waals surface area contributed by atoms with Gasteiger partial charge in [0.2, 0.25) is 0 Å². The number of carbonyl (C=O) groups excluding carboxylic acids is 1. The molecule has 0 aliphatic heterocycles. The van der Waals surface area contributed by atoms with Gasteiger partial charge >= 0.3 is 0 Å². The summed E-state index contributed by atoms with van der Waals surface area (Å²) in [5.74, 6) is 0.818. The molecule has 14 heavy (non-hydrogen) atoms. The Hall–Kier alpha value is -1.31. The van der Waals surface area contributed by atoms with E-state index < -0.39 is 0 Å². The first-order valence-electron chi connectivity index (χ1n) is 4.89. The molecule has 2 heteroatoms. The Balaban J connectivity index is 2.71. The van der Waals surface area contributed by atoms with Crippen LogP contribution in [0, 0.1) is 0 Å². The van der Waals surface area contributed by atoms with Gasteiger partial charge in [0, 0.05) is 0 Å². The van der Waals surface area contributed by atoms with E-state index in [1.54, 1.807) is 6.92 Å². The van der Waals surface area contributed by atoms with E-state index in [1.165, 1.54) is 12.5 Å². The topological polar surface area (TPSA) is 26.3 Å². The molecule has 0 radical (unpaired) electrons. The Kier molecular flexibility index (Phi) is 3.69. The smallest absolute Gasteiger partial charge is 0.169 e. The molecule has 0 bridgehead atoms. The van der Waals surface area contributed by atoms with E-state index in [2.05, 4.69) is 6.92 Å². The molecule has 0 saturated carbocycles. The van der Waals surface area contributed by atoms with Gasteiger partial charge in [-0.3, -0.25) is 4.79 Å². The van der Waals surface area contributed by atoms with Gasteiger partial charge in [-0.2, -0.15) is 0 Å². The van der Waals surface area contributed by atoms with E-state index in [0.29, 0.717) is 0 Å². The quantitative estimate of drug-likeness (QED) is 0.733. The van der Waals surface area contributed by atoms with Crippen molar-refractivity contribution in [2.24, 2.45) is 0 Å². The van der Waals surface area contributed by atoms with Crippen molar-refractivity contribution >= 4 is 5.78 Å². The first-order chi connectivity index (χ1) is 6.63. The van der Waals surface area contributed by atoms with E-state index in [0.717, 1.165) is 12.2 Å². The average molecular weight is 192 g/mol. The Morgan fingerprint density at radius 1 is 1.50 bits per heavy atom. The Bertz CT molecular complexity index is 318. The summed E-state index contributed by atoms with van der Waals surface area (Å²) >= 11 is 0. The van der Waals surface area contributed by atoms with Crippen molar-refractivity contribution in [3.63, 3.8) is 0 Å². The van der Waals surface area contributed by atoms with Crippen molar-refractivity contribution in [2.75, 3.05) is 0 Å². The van der Waals surface area contributed by atoms with Gasteiger partial charge in [-0.1, -0.05) is 19.1 Å². The molecule has 1 aromatic rings. The second kappa shape index (κ2) is 4.80. The first kappa shape index (κ1) is 10.8. The van der Waals surface area contributed by atoms with E-state index >= 15 is 0 Å². The zero-order chi connectivity index (χ0) is 10.6. The third-order valence-electron chi connectivity index (χ3n) is 2.19. The summed E-state index contributed by atoms with van der Waals surface area (Å²) in [6, 6.07) is 7.84. The molecule has 0 aromatic heterocycles. The fraction of sp³-hybridized carbons (Fsp3) is 0.417. The lowest BCUT2D eigenvalue weighted by atomic mass is 10.1. The fourth-order valence-corrected chi connectivity index (χ4v) is 1.13. The third-order valence-corrected chi connectivity index (χ3v) is 2.19. The minimum Gasteiger partial charge on any atom is -0.483 e. The first-order valence-corrected chi connectivity index (χ1v) is 4.89. The maximum absolute atomic E-state index is 11.0. The number of ketones is 1. The molecular formula is C12H16O2. The van der Waals surface area contributed by atoms with Crippen LogP contribution < -0.4 is 4.74 Å². The van der Waals surface area contributed by atoms with Crippen molar-refractivity contribution in [1.82, 2.24) is 0 Å². The van der Waals surface area contributed by atoms with Crippen molar-refractivity contribution in [2.45, 2.75) is 33.3 Å². The van der Waals surface area contributed by atoms with Gasteiger partial charge in [0.1, 0.15) is 5.75 Å². The van der Waals surface area contributed by atoms with Crippen molar-refractivity contribution in [3.8, 4) is 5.75 Å². The Labute approximate surface area is 84.9 Å². The minimum absolute atomic E-state index is 0.0481. The van der Waals surface area contributed by atoms with E-state index in [-0.39, 0.29) is 11.9 Å². The predicted molar refractivity (Wildman–Crippen MR) is 56.6 cm³/mol. The summed E-state index contributed by atoms with van der Waals surface area (Å²) in [7, 11) is 0. The van der Waals surface area contributed by atoms with Crippen LogP contribution in [-0.2, 0) is 11.2 Å². The lowest BCUT2D eigenvalue weighted by Crippen LogP contribution is -2.20. The molecule has 1 atom stereocenters. The van der Waals surface area contributed by atoms with Gasteiger partial charge in [-0.15, -0.1) is 0 Å². The van der Waals surface area contributed by atoms with E-state index in [4.69, 9.17) is 4.74 Å². The zero-order valence-corrected chi connectivity index (χ0v) is 8.91. The van der Waals surface area contributed by atoms with Gasteiger partial charge in [-0.05, 0) is 38.0 Å². The van der Waals surface area contributed by atoms with E-state index in [9.17, 15) is 4.79 Å². The minimum atomic E-state index is -0.359. The summed E-state index contributed by atoms with van der Waals surface area (Å²) in [5.41, 5.74) is 1.22. The second-order valence-corrected chi connectivity index (χ2v) is 3.37. The summed E-state index contributed by atoms with van der Waals surface area (Å²) in [4.78, 5) is 11.0. The molecule has 0 heterocycles. The predicted octanol–water partition coefficient (Wildman–Crippen LogP) is 2.61. The number of ether oxygens (including phenoxy) is 1. The highest BCUT2D eigenvalue weighted by Crippen LogP contribution is 2.15. The monoisotopic (exact) mass is 192 g/mol. The molecular weight excluding hydrogens is 176 g/mol. The van der Waals surface area contributed by atoms with Crippen LogP contribution in [0.1, 0.15) is 26.3 Å². The van der Waals surface area contributed by atoms with Gasteiger partial charge in [0.15, 0.2) is 11.9 Å². The average Bonchev–Trinajstić information content (AvgIpc) is 2.18. The van der Waals surface area contributed by atoms with Crippen LogP contribution >= 0.6 is 0 Å². The molecule has 0 fully saturated rings. The molecule has 0 N–H and O–H groups in total. The number of hydrogen-bond acceptors (Lipinski definition) is 2. The standard InChI is InChI=1S/C12H16O2/c1-4-11-6-5-7-12(8-11)14-10(3)9(2)13/h5-8,10H,4H2,1-3H3. The van der Waals surface area contributed by atoms with Crippen LogP contribution in [0.15, 0.2) is 24.3 Å². The maximum atomic E-state index is 11.0. The van der Waals surface area contributed by atoms with Crippen LogP contribution in [0.25, 0.3) is 0 Å². The number of carbonyl (C=O) groups is 1. The van der Waals surface area contributed by atoms with Crippen LogP contribution in [0.3, 0.4) is 0 Å². The van der Waals surface area contributed by atoms with Gasteiger partial charge in [-0.25, -0.2) is 0 Å². The highest BCUT2D eigenvalue weighted by Gasteiger charge is 2.08. The number of rotatable bonds is 4. The third kappa shape index (κ3) is 2.87. The number of benzene rings is 1. The molecule has 0 aliphatic rings. The summed E-state index contributed by atoms with van der Waals surface area (Å²) in [5, 5.41) is 0. The molecule has 1 aromatic carbocycles. The van der Waals surface area contributed by atoms with Gasteiger partial charge < -0.3 is 4.74 Å². The fourth-order valence-electron chi connectivity index (χ4n) is 1.13. The molecule has 1 rings (SSSR count). The summed E-state index contributed by atoms with van der Waals surface area (Å²) in [6.45, 7) is 5.39. The summed E-state index contributed by atoms with van der Waals surface area (Å²) < 4.78 is 5.47. The van der Waals surface area contributed by atoms with Crippen LogP contribution in [-0.4, -0.2) is 11.9 Å².